The third-order valence-electron chi connectivity index (χ3n) is 3.89. The smallest absolute Gasteiger partial charge is 0.237 e. The average molecular weight is 322 g/mol. The van der Waals surface area contributed by atoms with Crippen molar-refractivity contribution in [1.29, 1.82) is 0 Å². The molecule has 1 amide bonds. The Labute approximate surface area is 126 Å². The molecule has 1 aliphatic rings. The molecular weight excluding hydrogens is 296 g/mol. The SMILES string of the molecule is COCCC[C@@]1(CO)CCCN(C(=O)CNS(C)(=O)=O)C1. The summed E-state index contributed by atoms with van der Waals surface area (Å²) in [7, 11) is -1.74. The molecule has 0 aromatic rings. The molecule has 0 aliphatic carbocycles. The lowest BCUT2D eigenvalue weighted by atomic mass is 9.77. The minimum Gasteiger partial charge on any atom is -0.396 e. The zero-order valence-corrected chi connectivity index (χ0v) is 13.6. The van der Waals surface area contributed by atoms with Gasteiger partial charge in [-0.05, 0) is 25.7 Å². The first-order valence-electron chi connectivity index (χ1n) is 7.14. The first-order valence-corrected chi connectivity index (χ1v) is 9.03. The number of carbonyl (C=O) groups is 1. The Morgan fingerprint density at radius 3 is 2.76 bits per heavy atom. The number of amides is 1. The van der Waals surface area contributed by atoms with Crippen molar-refractivity contribution in [1.82, 2.24) is 9.62 Å². The van der Waals surface area contributed by atoms with E-state index < -0.39 is 10.0 Å². The molecule has 7 nitrogen and oxygen atoms in total. The molecule has 1 aliphatic heterocycles. The maximum atomic E-state index is 12.1. The van der Waals surface area contributed by atoms with Crippen molar-refractivity contribution in [3.8, 4) is 0 Å². The van der Waals surface area contributed by atoms with Gasteiger partial charge in [-0.2, -0.15) is 0 Å². The van der Waals surface area contributed by atoms with Crippen LogP contribution in [0.3, 0.4) is 0 Å². The van der Waals surface area contributed by atoms with Crippen LogP contribution in [0.5, 0.6) is 0 Å². The number of ether oxygens (including phenoxy) is 1. The van der Waals surface area contributed by atoms with Gasteiger partial charge in [-0.15, -0.1) is 0 Å². The molecule has 0 aromatic heterocycles. The van der Waals surface area contributed by atoms with Gasteiger partial charge < -0.3 is 14.7 Å². The second-order valence-electron chi connectivity index (χ2n) is 5.77. The first kappa shape index (κ1) is 18.3. The van der Waals surface area contributed by atoms with Gasteiger partial charge in [0.2, 0.25) is 15.9 Å². The highest BCUT2D eigenvalue weighted by Gasteiger charge is 2.36. The molecule has 21 heavy (non-hydrogen) atoms. The molecular formula is C13H26N2O5S. The van der Waals surface area contributed by atoms with Crippen LogP contribution in [0.15, 0.2) is 0 Å². The standard InChI is InChI=1S/C13H26N2O5S/c1-20-8-4-6-13(11-16)5-3-7-15(10-13)12(17)9-14-21(2,18)19/h14,16H,3-11H2,1-2H3/t13-/m0/s1. The lowest BCUT2D eigenvalue weighted by Crippen LogP contribution is -2.50. The van der Waals surface area contributed by atoms with E-state index >= 15 is 0 Å². The van der Waals surface area contributed by atoms with E-state index in [0.717, 1.165) is 31.9 Å². The van der Waals surface area contributed by atoms with E-state index in [1.54, 1.807) is 12.0 Å². The summed E-state index contributed by atoms with van der Waals surface area (Å²) in [4.78, 5) is 13.7. The Hall–Kier alpha value is -0.700. The molecule has 0 saturated carbocycles. The van der Waals surface area contributed by atoms with Crippen LogP contribution < -0.4 is 4.72 Å². The topological polar surface area (TPSA) is 95.9 Å². The second-order valence-corrected chi connectivity index (χ2v) is 7.60. The summed E-state index contributed by atoms with van der Waals surface area (Å²) in [6.07, 6.45) is 4.34. The average Bonchev–Trinajstić information content (AvgIpc) is 2.44. The first-order chi connectivity index (χ1) is 9.82. The number of aliphatic hydroxyl groups is 1. The van der Waals surface area contributed by atoms with Gasteiger partial charge in [0.15, 0.2) is 0 Å². The summed E-state index contributed by atoms with van der Waals surface area (Å²) < 4.78 is 29.3. The summed E-state index contributed by atoms with van der Waals surface area (Å²) in [5.41, 5.74) is -0.294. The molecule has 1 fully saturated rings. The number of hydrogen-bond acceptors (Lipinski definition) is 5. The number of piperidine rings is 1. The van der Waals surface area contributed by atoms with Crippen molar-refractivity contribution in [3.63, 3.8) is 0 Å². The molecule has 0 unspecified atom stereocenters. The molecule has 1 atom stereocenters. The normalized spacial score (nSPS) is 23.3. The number of carbonyl (C=O) groups excluding carboxylic acids is 1. The van der Waals surface area contributed by atoms with Crippen LogP contribution in [-0.2, 0) is 19.6 Å². The predicted octanol–water partition coefficient (Wildman–Crippen LogP) is -0.437. The zero-order valence-electron chi connectivity index (χ0n) is 12.8. The van der Waals surface area contributed by atoms with Crippen LogP contribution in [-0.4, -0.2) is 70.5 Å². The van der Waals surface area contributed by atoms with E-state index in [0.29, 0.717) is 19.7 Å². The van der Waals surface area contributed by atoms with Crippen LogP contribution in [0.1, 0.15) is 25.7 Å². The fourth-order valence-corrected chi connectivity index (χ4v) is 3.11. The van der Waals surface area contributed by atoms with Crippen LogP contribution in [0, 0.1) is 5.41 Å². The molecule has 0 bridgehead atoms. The Morgan fingerprint density at radius 2 is 2.19 bits per heavy atom. The largest absolute Gasteiger partial charge is 0.396 e. The maximum absolute atomic E-state index is 12.1. The minimum atomic E-state index is -3.37. The molecule has 1 saturated heterocycles. The number of hydrogen-bond donors (Lipinski definition) is 2. The summed E-state index contributed by atoms with van der Waals surface area (Å²) >= 11 is 0. The third kappa shape index (κ3) is 6.29. The second kappa shape index (κ2) is 8.07. The molecule has 124 valence electrons. The lowest BCUT2D eigenvalue weighted by Gasteiger charge is -2.42. The van der Waals surface area contributed by atoms with E-state index in [1.165, 1.54) is 0 Å². The van der Waals surface area contributed by atoms with E-state index in [-0.39, 0.29) is 24.5 Å². The molecule has 0 aromatic carbocycles. The molecule has 1 heterocycles. The molecule has 0 spiro atoms. The Balaban J connectivity index is 2.58. The number of likely N-dealkylation sites (tertiary alicyclic amines) is 1. The summed E-state index contributed by atoms with van der Waals surface area (Å²) in [5, 5.41) is 9.71. The Bertz CT molecular complexity index is 440. The van der Waals surface area contributed by atoms with Crippen molar-refractivity contribution in [2.24, 2.45) is 5.41 Å². The van der Waals surface area contributed by atoms with Gasteiger partial charge in [0.05, 0.1) is 19.4 Å². The van der Waals surface area contributed by atoms with E-state index in [1.807, 2.05) is 0 Å². The number of methoxy groups -OCH3 is 1. The van der Waals surface area contributed by atoms with Crippen molar-refractivity contribution in [3.05, 3.63) is 0 Å². The number of aliphatic hydroxyl groups excluding tert-OH is 1. The predicted molar refractivity (Wildman–Crippen MR) is 79.3 cm³/mol. The Kier molecular flexibility index (Phi) is 7.05. The number of rotatable bonds is 8. The minimum absolute atomic E-state index is 0.0278. The molecule has 1 rings (SSSR count). The van der Waals surface area contributed by atoms with Gasteiger partial charge in [0, 0.05) is 32.2 Å². The van der Waals surface area contributed by atoms with Crippen molar-refractivity contribution < 1.29 is 23.1 Å². The fraction of sp³-hybridized carbons (Fsp3) is 0.923. The third-order valence-corrected chi connectivity index (χ3v) is 4.56. The summed E-state index contributed by atoms with van der Waals surface area (Å²) in [6, 6.07) is 0. The number of nitrogens with zero attached hydrogens (tertiary/aromatic N) is 1. The van der Waals surface area contributed by atoms with Gasteiger partial charge in [0.1, 0.15) is 0 Å². The van der Waals surface area contributed by atoms with Crippen molar-refractivity contribution in [2.75, 3.05) is 46.2 Å². The van der Waals surface area contributed by atoms with Gasteiger partial charge >= 0.3 is 0 Å². The van der Waals surface area contributed by atoms with Crippen LogP contribution in [0.2, 0.25) is 0 Å². The van der Waals surface area contributed by atoms with Gasteiger partial charge in [-0.3, -0.25) is 4.79 Å². The fourth-order valence-electron chi connectivity index (χ4n) is 2.73. The highest BCUT2D eigenvalue weighted by Crippen LogP contribution is 2.34. The Morgan fingerprint density at radius 1 is 1.48 bits per heavy atom. The van der Waals surface area contributed by atoms with Gasteiger partial charge in [0.25, 0.3) is 0 Å². The van der Waals surface area contributed by atoms with Gasteiger partial charge in [-0.1, -0.05) is 0 Å². The maximum Gasteiger partial charge on any atom is 0.237 e. The van der Waals surface area contributed by atoms with Crippen molar-refractivity contribution in [2.45, 2.75) is 25.7 Å². The quantitative estimate of drug-likeness (QED) is 0.591. The van der Waals surface area contributed by atoms with E-state index in [9.17, 15) is 18.3 Å². The lowest BCUT2D eigenvalue weighted by molar-refractivity contribution is -0.134. The van der Waals surface area contributed by atoms with E-state index in [2.05, 4.69) is 4.72 Å². The number of sulfonamides is 1. The highest BCUT2D eigenvalue weighted by atomic mass is 32.2. The molecule has 8 heteroatoms. The molecule has 2 N–H and O–H groups in total. The van der Waals surface area contributed by atoms with Crippen LogP contribution in [0.4, 0.5) is 0 Å². The zero-order chi connectivity index (χ0) is 15.9. The molecule has 0 radical (unpaired) electrons. The highest BCUT2D eigenvalue weighted by molar-refractivity contribution is 7.88. The van der Waals surface area contributed by atoms with Gasteiger partial charge in [-0.25, -0.2) is 13.1 Å². The summed E-state index contributed by atoms with van der Waals surface area (Å²) in [6.45, 7) is 1.51. The van der Waals surface area contributed by atoms with Crippen LogP contribution >= 0.6 is 0 Å². The monoisotopic (exact) mass is 322 g/mol. The number of nitrogens with one attached hydrogen (secondary N) is 1. The van der Waals surface area contributed by atoms with E-state index in [4.69, 9.17) is 4.74 Å². The van der Waals surface area contributed by atoms with Crippen LogP contribution in [0.25, 0.3) is 0 Å². The van der Waals surface area contributed by atoms with Crippen molar-refractivity contribution >= 4 is 15.9 Å². The summed E-state index contributed by atoms with van der Waals surface area (Å²) in [5.74, 6) is -0.246.